The zero-order valence-electron chi connectivity index (χ0n) is 27.4. The van der Waals surface area contributed by atoms with Gasteiger partial charge in [-0.2, -0.15) is 0 Å². The molecule has 3 nitrogen and oxygen atoms in total. The second-order valence-corrected chi connectivity index (χ2v) is 12.9. The van der Waals surface area contributed by atoms with Gasteiger partial charge in [0.05, 0.1) is 17.2 Å². The number of ether oxygens (including phenoxy) is 1. The highest BCUT2D eigenvalue weighted by molar-refractivity contribution is 5.90. The van der Waals surface area contributed by atoms with Crippen LogP contribution in [0.25, 0.3) is 28.0 Å². The van der Waals surface area contributed by atoms with Crippen molar-refractivity contribution in [3.63, 3.8) is 0 Å². The highest BCUT2D eigenvalue weighted by atomic mass is 16.5. The van der Waals surface area contributed by atoms with E-state index in [1.165, 1.54) is 33.4 Å². The average molecular weight is 643 g/mol. The minimum atomic E-state index is -0.497. The van der Waals surface area contributed by atoms with Crippen LogP contribution in [0.1, 0.15) is 45.0 Å². The summed E-state index contributed by atoms with van der Waals surface area (Å²) in [5.41, 5.74) is 19.8. The van der Waals surface area contributed by atoms with E-state index in [0.717, 1.165) is 45.0 Å². The van der Waals surface area contributed by atoms with Gasteiger partial charge in [0.25, 0.3) is 0 Å². The smallest absolute Gasteiger partial charge is 0.132 e. The van der Waals surface area contributed by atoms with E-state index in [4.69, 9.17) is 15.5 Å². The molecule has 0 saturated carbocycles. The largest absolute Gasteiger partial charge is 0.457 e. The van der Waals surface area contributed by atoms with Gasteiger partial charge in [-0.05, 0) is 74.3 Å². The fraction of sp³-hybridized carbons (Fsp3) is 0.0426. The molecule has 7 aromatic rings. The first-order chi connectivity index (χ1) is 24.7. The topological polar surface area (TPSA) is 47.6 Å². The Morgan fingerprint density at radius 2 is 1.10 bits per heavy atom. The van der Waals surface area contributed by atoms with Gasteiger partial charge in [-0.1, -0.05) is 158 Å². The van der Waals surface area contributed by atoms with Gasteiger partial charge < -0.3 is 10.5 Å². The van der Waals surface area contributed by atoms with Crippen LogP contribution >= 0.6 is 0 Å². The summed E-state index contributed by atoms with van der Waals surface area (Å²) >= 11 is 0. The molecule has 238 valence electrons. The van der Waals surface area contributed by atoms with E-state index >= 15 is 0 Å². The van der Waals surface area contributed by atoms with Crippen molar-refractivity contribution in [2.24, 2.45) is 10.7 Å². The van der Waals surface area contributed by atoms with Gasteiger partial charge in [0.1, 0.15) is 11.5 Å². The van der Waals surface area contributed by atoms with Crippen LogP contribution in [0.3, 0.4) is 0 Å². The Hall–Kier alpha value is -6.29. The van der Waals surface area contributed by atoms with Crippen LogP contribution in [0.5, 0.6) is 11.5 Å². The summed E-state index contributed by atoms with van der Waals surface area (Å²) in [6.45, 7) is 0. The molecule has 9 rings (SSSR count). The molecule has 0 saturated heterocycles. The molecule has 0 aromatic heterocycles. The van der Waals surface area contributed by atoms with Crippen molar-refractivity contribution >= 4 is 11.9 Å². The van der Waals surface area contributed by atoms with E-state index in [-0.39, 0.29) is 6.04 Å². The fourth-order valence-corrected chi connectivity index (χ4v) is 7.71. The average Bonchev–Trinajstić information content (AvgIpc) is 3.47. The van der Waals surface area contributed by atoms with Gasteiger partial charge in [-0.15, -0.1) is 0 Å². The van der Waals surface area contributed by atoms with Crippen LogP contribution in [-0.4, -0.2) is 6.21 Å². The molecular formula is C47H34N2O. The number of para-hydroxylation sites is 2. The number of benzene rings is 7. The third kappa shape index (κ3) is 4.91. The molecule has 0 radical (unpaired) electrons. The number of nitrogens with two attached hydrogens (primary N) is 1. The molecule has 1 spiro atoms. The maximum Gasteiger partial charge on any atom is 0.132 e. The minimum absolute atomic E-state index is 0.293. The zero-order chi connectivity index (χ0) is 33.5. The molecule has 1 atom stereocenters. The summed E-state index contributed by atoms with van der Waals surface area (Å²) in [6.07, 6.45) is 3.94. The van der Waals surface area contributed by atoms with Crippen molar-refractivity contribution in [3.05, 3.63) is 221 Å². The second kappa shape index (κ2) is 12.3. The number of aliphatic imine (C=N–C) groups is 1. The van der Waals surface area contributed by atoms with Crippen molar-refractivity contribution in [2.75, 3.05) is 0 Å². The number of nitrogens with zero attached hydrogens (tertiary/aromatic N) is 1. The van der Waals surface area contributed by atoms with Gasteiger partial charge in [0.15, 0.2) is 0 Å². The SMILES string of the molecule is NC(/C=C(\N=Cc1ccccc1)c1ccc(-c2ccc3c(c2)C2(c4ccccc4Oc4ccccc42)c2ccccc2-3)cc1)c1ccccc1. The lowest BCUT2D eigenvalue weighted by molar-refractivity contribution is 0.436. The van der Waals surface area contributed by atoms with Crippen LogP contribution in [-0.2, 0) is 5.41 Å². The Kier molecular flexibility index (Phi) is 7.34. The summed E-state index contributed by atoms with van der Waals surface area (Å²) < 4.78 is 6.52. The predicted octanol–water partition coefficient (Wildman–Crippen LogP) is 11.0. The normalized spacial score (nSPS) is 14.4. The van der Waals surface area contributed by atoms with E-state index in [1.807, 2.05) is 48.7 Å². The fourth-order valence-electron chi connectivity index (χ4n) is 7.71. The molecule has 0 fully saturated rings. The van der Waals surface area contributed by atoms with E-state index in [9.17, 15) is 0 Å². The van der Waals surface area contributed by atoms with E-state index in [2.05, 4.69) is 140 Å². The first kappa shape index (κ1) is 29.8. The monoisotopic (exact) mass is 642 g/mol. The maximum absolute atomic E-state index is 6.69. The number of hydrogen-bond donors (Lipinski definition) is 1. The van der Waals surface area contributed by atoms with Gasteiger partial charge in [0, 0.05) is 17.3 Å². The Balaban J connectivity index is 1.15. The Morgan fingerprint density at radius 1 is 0.540 bits per heavy atom. The molecule has 7 aromatic carbocycles. The third-order valence-electron chi connectivity index (χ3n) is 10.0. The zero-order valence-corrected chi connectivity index (χ0v) is 27.4. The van der Waals surface area contributed by atoms with Crippen molar-refractivity contribution < 1.29 is 4.74 Å². The molecule has 2 aliphatic rings. The molecule has 1 unspecified atom stereocenters. The molecule has 0 amide bonds. The lowest BCUT2D eigenvalue weighted by Crippen LogP contribution is -2.32. The molecule has 2 N–H and O–H groups in total. The van der Waals surface area contributed by atoms with Crippen molar-refractivity contribution in [1.29, 1.82) is 0 Å². The highest BCUT2D eigenvalue weighted by Crippen LogP contribution is 2.62. The van der Waals surface area contributed by atoms with Crippen LogP contribution in [0.2, 0.25) is 0 Å². The number of fused-ring (bicyclic) bond motifs is 9. The van der Waals surface area contributed by atoms with E-state index in [0.29, 0.717) is 0 Å². The first-order valence-electron chi connectivity index (χ1n) is 17.0. The lowest BCUT2D eigenvalue weighted by atomic mass is 9.66. The van der Waals surface area contributed by atoms with Crippen LogP contribution in [0.15, 0.2) is 187 Å². The van der Waals surface area contributed by atoms with Crippen LogP contribution < -0.4 is 10.5 Å². The van der Waals surface area contributed by atoms with Crippen molar-refractivity contribution in [1.82, 2.24) is 0 Å². The Morgan fingerprint density at radius 3 is 1.80 bits per heavy atom. The maximum atomic E-state index is 6.69. The summed E-state index contributed by atoms with van der Waals surface area (Å²) in [7, 11) is 0. The minimum Gasteiger partial charge on any atom is -0.457 e. The van der Waals surface area contributed by atoms with E-state index < -0.39 is 5.41 Å². The van der Waals surface area contributed by atoms with Gasteiger partial charge >= 0.3 is 0 Å². The summed E-state index contributed by atoms with van der Waals surface area (Å²) in [5.74, 6) is 1.79. The summed E-state index contributed by atoms with van der Waals surface area (Å²) in [6, 6.07) is 61.4. The Bertz CT molecular complexity index is 2360. The molecular weight excluding hydrogens is 609 g/mol. The molecule has 1 heterocycles. The Labute approximate surface area is 292 Å². The van der Waals surface area contributed by atoms with Gasteiger partial charge in [-0.3, -0.25) is 4.99 Å². The molecule has 1 aliphatic carbocycles. The molecule has 1 aliphatic heterocycles. The number of rotatable bonds is 6. The highest BCUT2D eigenvalue weighted by Gasteiger charge is 2.50. The quantitative estimate of drug-likeness (QED) is 0.184. The molecule has 0 bridgehead atoms. The summed E-state index contributed by atoms with van der Waals surface area (Å²) in [5, 5.41) is 0. The second-order valence-electron chi connectivity index (χ2n) is 12.9. The van der Waals surface area contributed by atoms with Crippen molar-refractivity contribution in [2.45, 2.75) is 11.5 Å². The van der Waals surface area contributed by atoms with E-state index in [1.54, 1.807) is 0 Å². The standard InChI is InChI=1S/C47H34N2O/c48-43(34-15-5-2-6-16-34)30-44(49-31-32-13-3-1-4-14-32)35-25-23-33(24-26-35)36-27-28-38-37-17-7-8-18-39(37)47(42(38)29-36)40-19-9-11-21-45(40)50-46-22-12-10-20-41(46)47/h1-31,43H,48H2/b44-30-,49-31?. The number of hydrogen-bond acceptors (Lipinski definition) is 3. The van der Waals surface area contributed by atoms with Crippen LogP contribution in [0, 0.1) is 0 Å². The van der Waals surface area contributed by atoms with Crippen LogP contribution in [0.4, 0.5) is 0 Å². The van der Waals surface area contributed by atoms with Gasteiger partial charge in [-0.25, -0.2) is 0 Å². The summed E-state index contributed by atoms with van der Waals surface area (Å²) in [4.78, 5) is 4.95. The first-order valence-corrected chi connectivity index (χ1v) is 17.0. The van der Waals surface area contributed by atoms with Gasteiger partial charge in [0.2, 0.25) is 0 Å². The lowest BCUT2D eigenvalue weighted by Gasteiger charge is -2.39. The predicted molar refractivity (Wildman–Crippen MR) is 205 cm³/mol. The molecule has 50 heavy (non-hydrogen) atoms. The van der Waals surface area contributed by atoms with Crippen molar-refractivity contribution in [3.8, 4) is 33.8 Å². The third-order valence-corrected chi connectivity index (χ3v) is 10.0. The molecule has 3 heteroatoms.